The van der Waals surface area contributed by atoms with E-state index in [1.165, 1.54) is 36.7 Å². The fraction of sp³-hybridized carbons (Fsp3) is 0.406. The van der Waals surface area contributed by atoms with Crippen LogP contribution >= 0.6 is 11.8 Å². The number of hydrogen-bond donors (Lipinski definition) is 4. The maximum absolute atomic E-state index is 13.2. The van der Waals surface area contributed by atoms with Crippen molar-refractivity contribution in [3.8, 4) is 0 Å². The zero-order chi connectivity index (χ0) is 30.3. The lowest BCUT2D eigenvalue weighted by atomic mass is 10.1. The highest BCUT2D eigenvalue weighted by molar-refractivity contribution is 8.01. The fourth-order valence-corrected chi connectivity index (χ4v) is 7.00. The lowest BCUT2D eigenvalue weighted by molar-refractivity contribution is -0.131. The summed E-state index contributed by atoms with van der Waals surface area (Å²) in [6.07, 6.45) is 2.47. The molecule has 0 saturated carbocycles. The smallest absolute Gasteiger partial charge is 0.251 e. The fourth-order valence-electron chi connectivity index (χ4n) is 5.54. The molecule has 0 radical (unpaired) electrons. The van der Waals surface area contributed by atoms with Gasteiger partial charge in [0, 0.05) is 44.0 Å². The van der Waals surface area contributed by atoms with E-state index in [2.05, 4.69) is 20.9 Å². The third-order valence-corrected chi connectivity index (χ3v) is 9.53. The Balaban J connectivity index is 1.14. The van der Waals surface area contributed by atoms with Crippen LogP contribution in [0.2, 0.25) is 0 Å². The predicted molar refractivity (Wildman–Crippen MR) is 169 cm³/mol. The van der Waals surface area contributed by atoms with Gasteiger partial charge in [0.1, 0.15) is 22.5 Å². The number of nitrogens with two attached hydrogens (primary N) is 1. The molecule has 1 unspecified atom stereocenters. The van der Waals surface area contributed by atoms with Gasteiger partial charge in [-0.05, 0) is 85.6 Å². The molecule has 43 heavy (non-hydrogen) atoms. The van der Waals surface area contributed by atoms with Gasteiger partial charge in [0.15, 0.2) is 0 Å². The number of nitrogens with zero attached hydrogens (tertiary/aromatic N) is 2. The Hall–Kier alpha value is -3.67. The second-order valence-corrected chi connectivity index (χ2v) is 12.3. The summed E-state index contributed by atoms with van der Waals surface area (Å²) >= 11 is 1.38. The predicted octanol–water partition coefficient (Wildman–Crippen LogP) is 3.15. The topological polar surface area (TPSA) is 120 Å². The van der Waals surface area contributed by atoms with Crippen LogP contribution < -0.4 is 21.7 Å². The van der Waals surface area contributed by atoms with E-state index in [4.69, 9.17) is 5.73 Å². The highest BCUT2D eigenvalue weighted by Gasteiger charge is 2.44. The number of nitrogens with one attached hydrogen (secondary N) is 3. The molecule has 228 valence electrons. The number of hydrogen-bond acceptors (Lipinski definition) is 7. The molecular weight excluding hydrogens is 567 g/mol. The first-order valence-corrected chi connectivity index (χ1v) is 15.8. The summed E-state index contributed by atoms with van der Waals surface area (Å²) in [6.45, 7) is 6.65. The monoisotopic (exact) mass is 606 g/mol. The van der Waals surface area contributed by atoms with Crippen LogP contribution in [-0.2, 0) is 16.1 Å². The number of halogens is 1. The van der Waals surface area contributed by atoms with E-state index >= 15 is 0 Å². The molecule has 9 nitrogen and oxygen atoms in total. The van der Waals surface area contributed by atoms with Gasteiger partial charge in [0.05, 0.1) is 0 Å². The van der Waals surface area contributed by atoms with Crippen molar-refractivity contribution in [1.29, 1.82) is 0 Å². The van der Waals surface area contributed by atoms with Gasteiger partial charge in [-0.3, -0.25) is 14.4 Å². The van der Waals surface area contributed by atoms with Gasteiger partial charge < -0.3 is 31.5 Å². The largest absolute Gasteiger partial charge is 0.383 e. The second-order valence-electron chi connectivity index (χ2n) is 11.0. The number of carbonyl (C=O) groups excluding carboxylic acids is 3. The van der Waals surface area contributed by atoms with Crippen LogP contribution in [0.25, 0.3) is 10.8 Å². The molecule has 2 aliphatic heterocycles. The van der Waals surface area contributed by atoms with Gasteiger partial charge in [0.2, 0.25) is 11.8 Å². The van der Waals surface area contributed by atoms with E-state index in [1.54, 1.807) is 17.0 Å². The van der Waals surface area contributed by atoms with Gasteiger partial charge in [-0.2, -0.15) is 0 Å². The number of anilines is 1. The number of rotatable bonds is 12. The minimum atomic E-state index is -0.911. The van der Waals surface area contributed by atoms with Crippen molar-refractivity contribution in [2.45, 2.75) is 43.0 Å². The number of benzene rings is 3. The molecule has 5 rings (SSSR count). The van der Waals surface area contributed by atoms with Crippen LogP contribution in [-0.4, -0.2) is 83.5 Å². The zero-order valence-corrected chi connectivity index (χ0v) is 25.2. The van der Waals surface area contributed by atoms with Crippen LogP contribution in [0.5, 0.6) is 0 Å². The van der Waals surface area contributed by atoms with Gasteiger partial charge in [-0.1, -0.05) is 24.3 Å². The van der Waals surface area contributed by atoms with E-state index in [9.17, 15) is 18.8 Å². The molecule has 2 saturated heterocycles. The number of fused-ring (bicyclic) bond motifs is 1. The van der Waals surface area contributed by atoms with Crippen LogP contribution in [0.1, 0.15) is 35.7 Å². The molecule has 3 amide bonds. The second kappa shape index (κ2) is 14.2. The summed E-state index contributed by atoms with van der Waals surface area (Å²) in [7, 11) is 0. The first-order chi connectivity index (χ1) is 20.8. The maximum Gasteiger partial charge on any atom is 0.251 e. The first-order valence-electron chi connectivity index (χ1n) is 14.8. The Kier molecular flexibility index (Phi) is 10.2. The summed E-state index contributed by atoms with van der Waals surface area (Å²) in [5.74, 6) is -0.840. The molecule has 2 heterocycles. The van der Waals surface area contributed by atoms with E-state index in [0.717, 1.165) is 41.7 Å². The van der Waals surface area contributed by atoms with Crippen molar-refractivity contribution in [2.24, 2.45) is 5.73 Å². The van der Waals surface area contributed by atoms with Gasteiger partial charge in [0.25, 0.3) is 5.91 Å². The maximum atomic E-state index is 13.2. The number of likely N-dealkylation sites (N-methyl/N-ethyl adjacent to an activating group) is 1. The molecule has 0 spiro atoms. The van der Waals surface area contributed by atoms with Crippen molar-refractivity contribution < 1.29 is 18.8 Å². The summed E-state index contributed by atoms with van der Waals surface area (Å²) in [5.41, 5.74) is 8.57. The third-order valence-electron chi connectivity index (χ3n) is 8.01. The number of likely N-dealkylation sites (tertiary alicyclic amines) is 1. The molecule has 0 aromatic heterocycles. The summed E-state index contributed by atoms with van der Waals surface area (Å²) in [5, 5.41) is 10.2. The van der Waals surface area contributed by atoms with Gasteiger partial charge in [-0.25, -0.2) is 4.39 Å². The van der Waals surface area contributed by atoms with Crippen molar-refractivity contribution >= 4 is 45.9 Å². The van der Waals surface area contributed by atoms with Gasteiger partial charge in [-0.15, -0.1) is 11.8 Å². The van der Waals surface area contributed by atoms with Crippen LogP contribution in [0, 0.1) is 5.82 Å². The summed E-state index contributed by atoms with van der Waals surface area (Å²) < 4.78 is 13.2. The highest BCUT2D eigenvalue weighted by atomic mass is 32.2. The lowest BCUT2D eigenvalue weighted by Gasteiger charge is -2.26. The van der Waals surface area contributed by atoms with Crippen molar-refractivity contribution in [3.05, 3.63) is 77.6 Å². The normalized spacial score (nSPS) is 19.5. The first kappa shape index (κ1) is 30.8. The number of thioether (sulfide) groups is 1. The highest BCUT2D eigenvalue weighted by Crippen LogP contribution is 2.33. The molecule has 3 atom stereocenters. The average molecular weight is 607 g/mol. The molecule has 3 aromatic rings. The van der Waals surface area contributed by atoms with Crippen molar-refractivity contribution in [1.82, 2.24) is 20.4 Å². The van der Waals surface area contributed by atoms with Gasteiger partial charge >= 0.3 is 0 Å². The molecule has 5 N–H and O–H groups in total. The SMILES string of the molecule is CCN1C(=O)[C@@H](CNc2ccc3cc(C(=O)NCCN4CCCC4)ccc3c2)S[C@H]1C(N)C(=O)NCc1ccc(F)cc1. The Bertz CT molecular complexity index is 1450. The third kappa shape index (κ3) is 7.65. The van der Waals surface area contributed by atoms with E-state index < -0.39 is 16.7 Å². The zero-order valence-electron chi connectivity index (χ0n) is 24.4. The van der Waals surface area contributed by atoms with Crippen molar-refractivity contribution in [3.63, 3.8) is 0 Å². The molecule has 11 heteroatoms. The summed E-state index contributed by atoms with van der Waals surface area (Å²) in [4.78, 5) is 42.7. The Morgan fingerprint density at radius 3 is 2.49 bits per heavy atom. The molecular formula is C32H39FN6O3S. The average Bonchev–Trinajstić information content (AvgIpc) is 3.66. The minimum absolute atomic E-state index is 0.0621. The van der Waals surface area contributed by atoms with Crippen molar-refractivity contribution in [2.75, 3.05) is 44.6 Å². The number of amides is 3. The summed E-state index contributed by atoms with van der Waals surface area (Å²) in [6, 6.07) is 16.5. The molecule has 2 aliphatic rings. The molecule has 2 fully saturated rings. The van der Waals surface area contributed by atoms with Crippen LogP contribution in [0.15, 0.2) is 60.7 Å². The molecule has 0 aliphatic carbocycles. The Labute approximate surface area is 255 Å². The quantitative estimate of drug-likeness (QED) is 0.250. The lowest BCUT2D eigenvalue weighted by Crippen LogP contribution is -2.52. The minimum Gasteiger partial charge on any atom is -0.383 e. The van der Waals surface area contributed by atoms with E-state index in [-0.39, 0.29) is 30.1 Å². The Morgan fingerprint density at radius 1 is 1.02 bits per heavy atom. The Morgan fingerprint density at radius 2 is 1.74 bits per heavy atom. The standard InChI is InChI=1S/C32H39FN6O3S/c1-2-39-31(42)27(43-32(39)28(34)30(41)37-19-21-5-10-25(33)11-6-21)20-36-26-12-9-22-17-24(8-7-23(22)18-26)29(40)35-13-16-38-14-3-4-15-38/h5-12,17-18,27-28,32,36H,2-4,13-16,19-20,34H2,1H3,(H,35,40)(H,37,41)/t27-,28?,32+/m1/s1. The van der Waals surface area contributed by atoms with Crippen LogP contribution in [0.3, 0.4) is 0 Å². The number of carbonyl (C=O) groups is 3. The molecule has 3 aromatic carbocycles. The van der Waals surface area contributed by atoms with E-state index in [1.807, 2.05) is 43.3 Å². The van der Waals surface area contributed by atoms with Crippen LogP contribution in [0.4, 0.5) is 10.1 Å². The molecule has 0 bridgehead atoms. The van der Waals surface area contributed by atoms with E-state index in [0.29, 0.717) is 25.2 Å².